The molecule has 1 aliphatic heterocycles. The average Bonchev–Trinajstić information content (AvgIpc) is 2.69. The largest absolute Gasteiger partial charge is 0.382 e. The molecule has 1 aliphatic rings. The molecule has 0 bridgehead atoms. The Hall–Kier alpha value is -1.23. The summed E-state index contributed by atoms with van der Waals surface area (Å²) in [5.74, 6) is 1.61. The zero-order chi connectivity index (χ0) is 13.7. The molecule has 3 nitrogen and oxygen atoms in total. The Bertz CT molecular complexity index is 445. The molecule has 0 atom stereocenters. The van der Waals surface area contributed by atoms with Gasteiger partial charge in [0, 0.05) is 25.4 Å². The molecular weight excluding hydrogens is 263 g/mol. The predicted molar refractivity (Wildman–Crippen MR) is 78.4 cm³/mol. The van der Waals surface area contributed by atoms with E-state index in [9.17, 15) is 9.18 Å². The van der Waals surface area contributed by atoms with Crippen LogP contribution in [0.15, 0.2) is 18.2 Å². The summed E-state index contributed by atoms with van der Waals surface area (Å²) in [7, 11) is 0. The first kappa shape index (κ1) is 14.2. The van der Waals surface area contributed by atoms with Crippen molar-refractivity contribution in [3.63, 3.8) is 0 Å². The molecule has 0 radical (unpaired) electrons. The Morgan fingerprint density at radius 2 is 2.26 bits per heavy atom. The zero-order valence-corrected chi connectivity index (χ0v) is 11.9. The van der Waals surface area contributed by atoms with Gasteiger partial charge in [0.2, 0.25) is 0 Å². The van der Waals surface area contributed by atoms with Gasteiger partial charge in [-0.2, -0.15) is 11.8 Å². The van der Waals surface area contributed by atoms with Crippen LogP contribution in [0.1, 0.15) is 23.7 Å². The molecule has 1 fully saturated rings. The maximum absolute atomic E-state index is 13.8. The molecule has 1 saturated heterocycles. The maximum atomic E-state index is 13.8. The SMILES string of the molecule is CCNc1c(F)cccc1C(=O)N1CCCSCC1. The number of halogens is 1. The minimum atomic E-state index is -0.364. The third-order valence-electron chi connectivity index (χ3n) is 3.11. The lowest BCUT2D eigenvalue weighted by molar-refractivity contribution is 0.0769. The second-order valence-corrected chi connectivity index (χ2v) is 5.68. The fourth-order valence-electron chi connectivity index (χ4n) is 2.18. The van der Waals surface area contributed by atoms with Crippen LogP contribution in [0.4, 0.5) is 10.1 Å². The van der Waals surface area contributed by atoms with Crippen LogP contribution in [0.2, 0.25) is 0 Å². The van der Waals surface area contributed by atoms with Gasteiger partial charge in [-0.3, -0.25) is 4.79 Å². The summed E-state index contributed by atoms with van der Waals surface area (Å²) in [6.45, 7) is 3.99. The van der Waals surface area contributed by atoms with Crippen molar-refractivity contribution in [2.75, 3.05) is 36.5 Å². The van der Waals surface area contributed by atoms with Crippen LogP contribution in [0, 0.1) is 5.82 Å². The van der Waals surface area contributed by atoms with Crippen molar-refractivity contribution in [3.05, 3.63) is 29.6 Å². The van der Waals surface area contributed by atoms with E-state index >= 15 is 0 Å². The Balaban J connectivity index is 2.24. The molecule has 104 valence electrons. The number of hydrogen-bond acceptors (Lipinski definition) is 3. The predicted octanol–water partition coefficient (Wildman–Crippen LogP) is 2.84. The molecule has 1 aromatic rings. The molecule has 2 rings (SSSR count). The molecule has 1 aromatic carbocycles. The summed E-state index contributed by atoms with van der Waals surface area (Å²) < 4.78 is 13.8. The topological polar surface area (TPSA) is 32.3 Å². The Kier molecular flexibility index (Phi) is 5.07. The molecule has 0 unspecified atom stereocenters. The van der Waals surface area contributed by atoms with Crippen molar-refractivity contribution in [2.24, 2.45) is 0 Å². The van der Waals surface area contributed by atoms with Crippen LogP contribution in [0.3, 0.4) is 0 Å². The van der Waals surface area contributed by atoms with Gasteiger partial charge in [-0.25, -0.2) is 4.39 Å². The van der Waals surface area contributed by atoms with E-state index in [-0.39, 0.29) is 11.7 Å². The third-order valence-corrected chi connectivity index (χ3v) is 4.16. The highest BCUT2D eigenvalue weighted by Gasteiger charge is 2.21. The van der Waals surface area contributed by atoms with Gasteiger partial charge in [0.1, 0.15) is 5.82 Å². The van der Waals surface area contributed by atoms with Gasteiger partial charge in [-0.15, -0.1) is 0 Å². The van der Waals surface area contributed by atoms with E-state index in [0.29, 0.717) is 17.8 Å². The first-order valence-electron chi connectivity index (χ1n) is 6.63. The first-order chi connectivity index (χ1) is 9.24. The summed E-state index contributed by atoms with van der Waals surface area (Å²) in [4.78, 5) is 14.3. The molecule has 1 amide bonds. The van der Waals surface area contributed by atoms with Crippen molar-refractivity contribution in [2.45, 2.75) is 13.3 Å². The van der Waals surface area contributed by atoms with Gasteiger partial charge in [0.05, 0.1) is 11.3 Å². The maximum Gasteiger partial charge on any atom is 0.256 e. The molecule has 0 aromatic heterocycles. The van der Waals surface area contributed by atoms with E-state index in [1.54, 1.807) is 12.1 Å². The molecule has 0 spiro atoms. The monoisotopic (exact) mass is 282 g/mol. The van der Waals surface area contributed by atoms with Crippen molar-refractivity contribution < 1.29 is 9.18 Å². The van der Waals surface area contributed by atoms with Crippen molar-refractivity contribution >= 4 is 23.4 Å². The summed E-state index contributed by atoms with van der Waals surface area (Å²) in [6, 6.07) is 4.67. The van der Waals surface area contributed by atoms with Crippen LogP contribution in [-0.2, 0) is 0 Å². The number of thioether (sulfide) groups is 1. The van der Waals surface area contributed by atoms with Crippen LogP contribution in [0.5, 0.6) is 0 Å². The van der Waals surface area contributed by atoms with Gasteiger partial charge in [-0.05, 0) is 31.2 Å². The highest BCUT2D eigenvalue weighted by Crippen LogP contribution is 2.22. The fraction of sp³-hybridized carbons (Fsp3) is 0.500. The Morgan fingerprint density at radius 3 is 3.05 bits per heavy atom. The molecule has 0 saturated carbocycles. The Labute approximate surface area is 117 Å². The number of rotatable bonds is 3. The van der Waals surface area contributed by atoms with Crippen LogP contribution >= 0.6 is 11.8 Å². The second kappa shape index (κ2) is 6.80. The highest BCUT2D eigenvalue weighted by molar-refractivity contribution is 7.99. The van der Waals surface area contributed by atoms with E-state index in [2.05, 4.69) is 5.32 Å². The van der Waals surface area contributed by atoms with Gasteiger partial charge >= 0.3 is 0 Å². The number of carbonyl (C=O) groups is 1. The van der Waals surface area contributed by atoms with Crippen LogP contribution < -0.4 is 5.32 Å². The fourth-order valence-corrected chi connectivity index (χ4v) is 3.07. The van der Waals surface area contributed by atoms with Crippen LogP contribution in [0.25, 0.3) is 0 Å². The minimum Gasteiger partial charge on any atom is -0.382 e. The zero-order valence-electron chi connectivity index (χ0n) is 11.1. The molecule has 19 heavy (non-hydrogen) atoms. The average molecular weight is 282 g/mol. The molecule has 1 heterocycles. The molecule has 1 N–H and O–H groups in total. The molecule has 5 heteroatoms. The number of para-hydroxylation sites is 1. The van der Waals surface area contributed by atoms with Crippen molar-refractivity contribution in [1.82, 2.24) is 4.90 Å². The summed E-state index contributed by atoms with van der Waals surface area (Å²) in [6.07, 6.45) is 1.00. The number of amides is 1. The van der Waals surface area contributed by atoms with E-state index in [1.807, 2.05) is 23.6 Å². The quantitative estimate of drug-likeness (QED) is 0.925. The smallest absolute Gasteiger partial charge is 0.256 e. The number of nitrogens with one attached hydrogen (secondary N) is 1. The van der Waals surface area contributed by atoms with Gasteiger partial charge in [-0.1, -0.05) is 6.07 Å². The van der Waals surface area contributed by atoms with Gasteiger partial charge < -0.3 is 10.2 Å². The van der Waals surface area contributed by atoms with E-state index in [1.165, 1.54) is 6.07 Å². The summed E-state index contributed by atoms with van der Waals surface area (Å²) >= 11 is 1.87. The van der Waals surface area contributed by atoms with Crippen LogP contribution in [-0.4, -0.2) is 41.9 Å². The van der Waals surface area contributed by atoms with E-state index < -0.39 is 0 Å². The standard InChI is InChI=1S/C14H19FN2OS/c1-2-16-13-11(5-3-6-12(13)15)14(18)17-7-4-9-19-10-8-17/h3,5-6,16H,2,4,7-10H2,1H3. The number of nitrogens with zero attached hydrogens (tertiary/aromatic N) is 1. The lowest BCUT2D eigenvalue weighted by atomic mass is 10.1. The van der Waals surface area contributed by atoms with E-state index in [0.717, 1.165) is 31.0 Å². The van der Waals surface area contributed by atoms with Crippen molar-refractivity contribution in [3.8, 4) is 0 Å². The third kappa shape index (κ3) is 3.41. The number of hydrogen-bond donors (Lipinski definition) is 1. The van der Waals surface area contributed by atoms with Gasteiger partial charge in [0.25, 0.3) is 5.91 Å². The number of anilines is 1. The lowest BCUT2D eigenvalue weighted by Gasteiger charge is -2.22. The number of benzene rings is 1. The normalized spacial score (nSPS) is 16.0. The summed E-state index contributed by atoms with van der Waals surface area (Å²) in [5.41, 5.74) is 0.764. The molecular formula is C14H19FN2OS. The van der Waals surface area contributed by atoms with E-state index in [4.69, 9.17) is 0 Å². The lowest BCUT2D eigenvalue weighted by Crippen LogP contribution is -2.33. The summed E-state index contributed by atoms with van der Waals surface area (Å²) in [5, 5.41) is 2.95. The van der Waals surface area contributed by atoms with Gasteiger partial charge in [0.15, 0.2) is 0 Å². The van der Waals surface area contributed by atoms with Crippen molar-refractivity contribution in [1.29, 1.82) is 0 Å². The number of carbonyl (C=O) groups excluding carboxylic acids is 1. The Morgan fingerprint density at radius 1 is 1.42 bits per heavy atom. The molecule has 0 aliphatic carbocycles. The second-order valence-electron chi connectivity index (χ2n) is 4.45. The highest BCUT2D eigenvalue weighted by atomic mass is 32.2. The first-order valence-corrected chi connectivity index (χ1v) is 7.79. The minimum absolute atomic E-state index is 0.0713.